The molecule has 1 saturated carbocycles. The number of amides is 1. The quantitative estimate of drug-likeness (QED) is 0.592. The lowest BCUT2D eigenvalue weighted by Gasteiger charge is -2.35. The summed E-state index contributed by atoms with van der Waals surface area (Å²) in [6, 6.07) is 9.65. The van der Waals surface area contributed by atoms with Crippen molar-refractivity contribution >= 4 is 6.09 Å². The minimum absolute atomic E-state index is 0.286. The summed E-state index contributed by atoms with van der Waals surface area (Å²) in [5.41, 5.74) is 0.484. The minimum atomic E-state index is -0.651. The van der Waals surface area contributed by atoms with Gasteiger partial charge in [-0.1, -0.05) is 69.4 Å². The van der Waals surface area contributed by atoms with Gasteiger partial charge in [0.2, 0.25) is 0 Å². The number of aliphatic hydroxyl groups excluding tert-OH is 1. The van der Waals surface area contributed by atoms with Crippen LogP contribution in [0.1, 0.15) is 78.2 Å². The Morgan fingerprint density at radius 1 is 1.17 bits per heavy atom. The topological polar surface area (TPSA) is 67.8 Å². The molecule has 0 aliphatic heterocycles. The lowest BCUT2D eigenvalue weighted by molar-refractivity contribution is -0.0706. The number of rotatable bonds is 9. The molecule has 0 unspecified atom stereocenters. The third-order valence-corrected chi connectivity index (χ3v) is 5.49. The monoisotopic (exact) mass is 405 g/mol. The summed E-state index contributed by atoms with van der Waals surface area (Å²) in [7, 11) is 0. The molecule has 0 radical (unpaired) electrons. The van der Waals surface area contributed by atoms with Gasteiger partial charge in [-0.2, -0.15) is 0 Å². The molecule has 164 valence electrons. The van der Waals surface area contributed by atoms with Gasteiger partial charge in [-0.25, -0.2) is 4.79 Å². The first-order valence-corrected chi connectivity index (χ1v) is 11.1. The zero-order chi connectivity index (χ0) is 21.3. The molecule has 5 heteroatoms. The van der Waals surface area contributed by atoms with Crippen LogP contribution in [0.15, 0.2) is 30.3 Å². The van der Waals surface area contributed by atoms with Crippen molar-refractivity contribution in [2.45, 2.75) is 103 Å². The van der Waals surface area contributed by atoms with Crippen LogP contribution in [0.3, 0.4) is 0 Å². The molecule has 0 bridgehead atoms. The summed E-state index contributed by atoms with van der Waals surface area (Å²) in [6.07, 6.45) is 5.87. The van der Waals surface area contributed by atoms with E-state index < -0.39 is 23.9 Å². The number of carbonyl (C=O) groups excluding carboxylic acids is 1. The second-order valence-corrected chi connectivity index (χ2v) is 9.23. The van der Waals surface area contributed by atoms with Gasteiger partial charge in [-0.15, -0.1) is 0 Å². The van der Waals surface area contributed by atoms with Gasteiger partial charge >= 0.3 is 6.09 Å². The fraction of sp³-hybridized carbons (Fsp3) is 0.708. The Morgan fingerprint density at radius 2 is 1.83 bits per heavy atom. The van der Waals surface area contributed by atoms with E-state index in [1.54, 1.807) is 0 Å². The van der Waals surface area contributed by atoms with Crippen molar-refractivity contribution in [2.24, 2.45) is 5.92 Å². The molecule has 1 aromatic rings. The Bertz CT molecular complexity index is 593. The second kappa shape index (κ2) is 11.6. The Labute approximate surface area is 176 Å². The Hall–Kier alpha value is -1.59. The van der Waals surface area contributed by atoms with Crippen molar-refractivity contribution in [1.29, 1.82) is 0 Å². The first kappa shape index (κ1) is 23.7. The zero-order valence-corrected chi connectivity index (χ0v) is 18.5. The molecule has 0 heterocycles. The zero-order valence-electron chi connectivity index (χ0n) is 18.5. The van der Waals surface area contributed by atoms with E-state index >= 15 is 0 Å². The van der Waals surface area contributed by atoms with Gasteiger partial charge in [0, 0.05) is 0 Å². The highest BCUT2D eigenvalue weighted by atomic mass is 16.6. The van der Waals surface area contributed by atoms with Crippen molar-refractivity contribution in [2.75, 3.05) is 0 Å². The molecule has 1 aromatic carbocycles. The van der Waals surface area contributed by atoms with Crippen LogP contribution in [0, 0.1) is 5.92 Å². The molecular weight excluding hydrogens is 366 g/mol. The van der Waals surface area contributed by atoms with Crippen molar-refractivity contribution < 1.29 is 19.4 Å². The number of hydrogen-bond acceptors (Lipinski definition) is 4. The first-order chi connectivity index (χ1) is 13.8. The van der Waals surface area contributed by atoms with Gasteiger partial charge in [-0.3, -0.25) is 0 Å². The maximum atomic E-state index is 12.5. The van der Waals surface area contributed by atoms with Crippen LogP contribution in [0.25, 0.3) is 0 Å². The van der Waals surface area contributed by atoms with Gasteiger partial charge in [-0.05, 0) is 45.1 Å². The molecule has 1 fully saturated rings. The average Bonchev–Trinajstić information content (AvgIpc) is 2.68. The molecule has 1 aliphatic carbocycles. The predicted octanol–water partition coefficient (Wildman–Crippen LogP) is 5.21. The van der Waals surface area contributed by atoms with Crippen LogP contribution >= 0.6 is 0 Å². The number of alkyl carbamates (subject to hydrolysis) is 1. The molecule has 1 amide bonds. The van der Waals surface area contributed by atoms with E-state index in [0.717, 1.165) is 12.0 Å². The number of nitrogens with one attached hydrogen (secondary N) is 1. The van der Waals surface area contributed by atoms with Crippen molar-refractivity contribution in [1.82, 2.24) is 5.32 Å². The Kier molecular flexibility index (Phi) is 9.44. The van der Waals surface area contributed by atoms with E-state index in [-0.39, 0.29) is 6.04 Å². The predicted molar refractivity (Wildman–Crippen MR) is 116 cm³/mol. The van der Waals surface area contributed by atoms with Gasteiger partial charge in [0.25, 0.3) is 0 Å². The maximum absolute atomic E-state index is 12.5. The van der Waals surface area contributed by atoms with Crippen molar-refractivity contribution in [3.05, 3.63) is 35.9 Å². The molecule has 3 atom stereocenters. The van der Waals surface area contributed by atoms with E-state index in [0.29, 0.717) is 18.9 Å². The van der Waals surface area contributed by atoms with Crippen LogP contribution in [0.5, 0.6) is 0 Å². The summed E-state index contributed by atoms with van der Waals surface area (Å²) in [5, 5.41) is 13.8. The Morgan fingerprint density at radius 3 is 2.41 bits per heavy atom. The number of benzene rings is 1. The largest absolute Gasteiger partial charge is 0.444 e. The smallest absolute Gasteiger partial charge is 0.407 e. The highest BCUT2D eigenvalue weighted by Gasteiger charge is 2.33. The van der Waals surface area contributed by atoms with Crippen LogP contribution in [-0.2, 0) is 16.1 Å². The van der Waals surface area contributed by atoms with Gasteiger partial charge in [0.1, 0.15) is 11.7 Å². The third-order valence-electron chi connectivity index (χ3n) is 5.49. The normalized spacial score (nSPS) is 18.7. The number of hydrogen-bond donors (Lipinski definition) is 2. The fourth-order valence-electron chi connectivity index (χ4n) is 4.01. The number of carbonyl (C=O) groups is 1. The lowest BCUT2D eigenvalue weighted by Crippen LogP contribution is -2.51. The number of aliphatic hydroxyl groups is 1. The molecule has 0 aromatic heterocycles. The van der Waals surface area contributed by atoms with E-state index in [9.17, 15) is 9.90 Å². The molecule has 0 saturated heterocycles. The molecular formula is C24H39NO4. The van der Waals surface area contributed by atoms with Crippen LogP contribution in [0.2, 0.25) is 0 Å². The summed E-state index contributed by atoms with van der Waals surface area (Å²) in [4.78, 5) is 12.5. The SMILES string of the molecule is CC[C@H](O)[C@H](OCc1ccccc1)[C@H](CC1CCCCC1)NC(=O)OC(C)(C)C. The van der Waals surface area contributed by atoms with E-state index in [4.69, 9.17) is 9.47 Å². The fourth-order valence-corrected chi connectivity index (χ4v) is 4.01. The molecule has 2 N–H and O–H groups in total. The summed E-state index contributed by atoms with van der Waals surface area (Å²) >= 11 is 0. The molecule has 29 heavy (non-hydrogen) atoms. The maximum Gasteiger partial charge on any atom is 0.407 e. The minimum Gasteiger partial charge on any atom is -0.444 e. The average molecular weight is 406 g/mol. The molecule has 1 aliphatic rings. The van der Waals surface area contributed by atoms with Crippen LogP contribution in [-0.4, -0.2) is 35.1 Å². The van der Waals surface area contributed by atoms with Gasteiger partial charge < -0.3 is 19.9 Å². The first-order valence-electron chi connectivity index (χ1n) is 11.1. The van der Waals surface area contributed by atoms with Crippen LogP contribution < -0.4 is 5.32 Å². The number of ether oxygens (including phenoxy) is 2. The van der Waals surface area contributed by atoms with Gasteiger partial charge in [0.05, 0.1) is 18.8 Å². The molecule has 0 spiro atoms. The highest BCUT2D eigenvalue weighted by molar-refractivity contribution is 5.68. The standard InChI is InChI=1S/C24H39NO4/c1-5-21(26)22(28-17-19-14-10-7-11-15-19)20(16-18-12-8-6-9-13-18)25-23(27)29-24(2,3)4/h7,10-11,14-15,18,20-22,26H,5-6,8-9,12-13,16-17H2,1-4H3,(H,25,27)/t20-,21-,22+/m0/s1. The highest BCUT2D eigenvalue weighted by Crippen LogP contribution is 2.29. The van der Waals surface area contributed by atoms with Gasteiger partial charge in [0.15, 0.2) is 0 Å². The summed E-state index contributed by atoms with van der Waals surface area (Å²) in [6.45, 7) is 7.90. The molecule has 2 rings (SSSR count). The van der Waals surface area contributed by atoms with Crippen molar-refractivity contribution in [3.63, 3.8) is 0 Å². The second-order valence-electron chi connectivity index (χ2n) is 9.23. The van der Waals surface area contributed by atoms with E-state index in [1.807, 2.05) is 58.0 Å². The molecule has 5 nitrogen and oxygen atoms in total. The lowest BCUT2D eigenvalue weighted by atomic mass is 9.83. The summed E-state index contributed by atoms with van der Waals surface area (Å²) < 4.78 is 11.7. The van der Waals surface area contributed by atoms with Crippen molar-refractivity contribution in [3.8, 4) is 0 Å². The van der Waals surface area contributed by atoms with E-state index in [2.05, 4.69) is 5.32 Å². The Balaban J connectivity index is 2.13. The summed E-state index contributed by atoms with van der Waals surface area (Å²) in [5.74, 6) is 0.538. The van der Waals surface area contributed by atoms with Crippen LogP contribution in [0.4, 0.5) is 4.79 Å². The third kappa shape index (κ3) is 8.75. The van der Waals surface area contributed by atoms with E-state index in [1.165, 1.54) is 32.1 Å².